The van der Waals surface area contributed by atoms with Crippen LogP contribution in [0.3, 0.4) is 0 Å². The van der Waals surface area contributed by atoms with Crippen LogP contribution in [0.5, 0.6) is 0 Å². The van der Waals surface area contributed by atoms with Crippen LogP contribution in [0, 0.1) is 18.8 Å². The second-order valence-corrected chi connectivity index (χ2v) is 5.58. The van der Waals surface area contributed by atoms with Crippen molar-refractivity contribution in [3.8, 4) is 0 Å². The summed E-state index contributed by atoms with van der Waals surface area (Å²) >= 11 is 1.47. The van der Waals surface area contributed by atoms with E-state index in [1.807, 2.05) is 6.92 Å². The van der Waals surface area contributed by atoms with Gasteiger partial charge in [0.25, 0.3) is 0 Å². The van der Waals surface area contributed by atoms with Gasteiger partial charge in [0.15, 0.2) is 0 Å². The molecule has 0 saturated heterocycles. The van der Waals surface area contributed by atoms with E-state index in [4.69, 9.17) is 9.47 Å². The van der Waals surface area contributed by atoms with Crippen molar-refractivity contribution < 1.29 is 19.1 Å². The summed E-state index contributed by atoms with van der Waals surface area (Å²) in [6, 6.07) is 0. The molecule has 1 aliphatic carbocycles. The van der Waals surface area contributed by atoms with Crippen molar-refractivity contribution in [3.05, 3.63) is 16.1 Å². The van der Waals surface area contributed by atoms with Crippen LogP contribution in [0.2, 0.25) is 0 Å². The molecule has 0 bridgehead atoms. The Hall–Kier alpha value is -1.43. The number of aromatic nitrogens is 1. The molecular weight excluding hydrogens is 266 g/mol. The zero-order chi connectivity index (χ0) is 13.8. The Bertz CT molecular complexity index is 471. The smallest absolute Gasteiger partial charge is 0.310 e. The molecule has 1 saturated carbocycles. The average molecular weight is 283 g/mol. The van der Waals surface area contributed by atoms with Crippen LogP contribution in [0.1, 0.15) is 29.8 Å². The first-order valence-corrected chi connectivity index (χ1v) is 7.15. The van der Waals surface area contributed by atoms with Crippen molar-refractivity contribution in [3.63, 3.8) is 0 Å². The first-order chi connectivity index (χ1) is 9.13. The SMILES string of the molecule is COC(=O)[C@@H]1CCC[C@@H]1C(=O)OCc1scnc1C. The molecule has 6 heteroatoms. The fourth-order valence-electron chi connectivity index (χ4n) is 2.38. The maximum Gasteiger partial charge on any atom is 0.310 e. The summed E-state index contributed by atoms with van der Waals surface area (Å²) in [6.07, 6.45) is 2.26. The van der Waals surface area contributed by atoms with Gasteiger partial charge in [-0.15, -0.1) is 11.3 Å². The molecule has 1 heterocycles. The predicted octanol–water partition coefficient (Wildman–Crippen LogP) is 2.08. The number of rotatable bonds is 4. The maximum absolute atomic E-state index is 12.0. The molecule has 19 heavy (non-hydrogen) atoms. The molecule has 0 aromatic carbocycles. The minimum atomic E-state index is -0.360. The molecule has 104 valence electrons. The van der Waals surface area contributed by atoms with Crippen molar-refractivity contribution in [1.82, 2.24) is 4.98 Å². The molecule has 2 rings (SSSR count). The Kier molecular flexibility index (Phi) is 4.52. The molecule has 0 amide bonds. The third kappa shape index (κ3) is 3.12. The van der Waals surface area contributed by atoms with Crippen molar-refractivity contribution in [1.29, 1.82) is 0 Å². The number of hydrogen-bond acceptors (Lipinski definition) is 6. The molecule has 0 N–H and O–H groups in total. The second kappa shape index (κ2) is 6.14. The zero-order valence-corrected chi connectivity index (χ0v) is 11.9. The van der Waals surface area contributed by atoms with E-state index >= 15 is 0 Å². The largest absolute Gasteiger partial charge is 0.469 e. The van der Waals surface area contributed by atoms with E-state index in [0.29, 0.717) is 12.8 Å². The number of aryl methyl sites for hydroxylation is 1. The van der Waals surface area contributed by atoms with E-state index in [1.54, 1.807) is 5.51 Å². The zero-order valence-electron chi connectivity index (χ0n) is 11.0. The van der Waals surface area contributed by atoms with Crippen LogP contribution in [-0.2, 0) is 25.7 Å². The monoisotopic (exact) mass is 283 g/mol. The molecule has 1 aromatic heterocycles. The van der Waals surface area contributed by atoms with Crippen molar-refractivity contribution in [2.45, 2.75) is 32.8 Å². The summed E-state index contributed by atoms with van der Waals surface area (Å²) in [5.74, 6) is -1.32. The van der Waals surface area contributed by atoms with Gasteiger partial charge in [-0.05, 0) is 19.8 Å². The number of ether oxygens (including phenoxy) is 2. The van der Waals surface area contributed by atoms with Crippen LogP contribution in [0.15, 0.2) is 5.51 Å². The van der Waals surface area contributed by atoms with Crippen LogP contribution in [0.4, 0.5) is 0 Å². The molecule has 0 unspecified atom stereocenters. The van der Waals surface area contributed by atoms with E-state index in [1.165, 1.54) is 18.4 Å². The molecule has 1 aliphatic rings. The Morgan fingerprint density at radius 1 is 1.37 bits per heavy atom. The van der Waals surface area contributed by atoms with E-state index in [2.05, 4.69) is 4.98 Å². The fourth-order valence-corrected chi connectivity index (χ4v) is 3.07. The van der Waals surface area contributed by atoms with Gasteiger partial charge in [-0.3, -0.25) is 9.59 Å². The molecule has 1 fully saturated rings. The van der Waals surface area contributed by atoms with Gasteiger partial charge < -0.3 is 9.47 Å². The van der Waals surface area contributed by atoms with Gasteiger partial charge in [-0.1, -0.05) is 6.42 Å². The van der Waals surface area contributed by atoms with Crippen molar-refractivity contribution >= 4 is 23.3 Å². The summed E-state index contributed by atoms with van der Waals surface area (Å²) < 4.78 is 10.0. The summed E-state index contributed by atoms with van der Waals surface area (Å²) in [5.41, 5.74) is 2.61. The first-order valence-electron chi connectivity index (χ1n) is 6.27. The van der Waals surface area contributed by atoms with E-state index < -0.39 is 0 Å². The van der Waals surface area contributed by atoms with E-state index in [9.17, 15) is 9.59 Å². The summed E-state index contributed by atoms with van der Waals surface area (Å²) in [6.45, 7) is 2.12. The topological polar surface area (TPSA) is 65.5 Å². The quantitative estimate of drug-likeness (QED) is 0.792. The lowest BCUT2D eigenvalue weighted by Crippen LogP contribution is -2.27. The Morgan fingerprint density at radius 3 is 2.63 bits per heavy atom. The van der Waals surface area contributed by atoms with Crippen LogP contribution in [-0.4, -0.2) is 24.0 Å². The highest BCUT2D eigenvalue weighted by atomic mass is 32.1. The van der Waals surface area contributed by atoms with Crippen LogP contribution < -0.4 is 0 Å². The second-order valence-electron chi connectivity index (χ2n) is 4.64. The Balaban J connectivity index is 1.92. The van der Waals surface area contributed by atoms with E-state index in [-0.39, 0.29) is 30.4 Å². The number of methoxy groups -OCH3 is 1. The van der Waals surface area contributed by atoms with Crippen LogP contribution in [0.25, 0.3) is 0 Å². The van der Waals surface area contributed by atoms with Gasteiger partial charge in [-0.25, -0.2) is 4.98 Å². The lowest BCUT2D eigenvalue weighted by atomic mass is 9.96. The highest BCUT2D eigenvalue weighted by Crippen LogP contribution is 2.33. The van der Waals surface area contributed by atoms with Crippen molar-refractivity contribution in [2.75, 3.05) is 7.11 Å². The molecule has 0 radical (unpaired) electrons. The number of hydrogen-bond donors (Lipinski definition) is 0. The molecule has 0 aliphatic heterocycles. The minimum Gasteiger partial charge on any atom is -0.469 e. The van der Waals surface area contributed by atoms with Gasteiger partial charge >= 0.3 is 11.9 Å². The third-order valence-corrected chi connectivity index (χ3v) is 4.42. The third-order valence-electron chi connectivity index (χ3n) is 3.51. The van der Waals surface area contributed by atoms with Gasteiger partial charge in [0.1, 0.15) is 6.61 Å². The summed E-state index contributed by atoms with van der Waals surface area (Å²) in [5, 5.41) is 0. The normalized spacial score (nSPS) is 22.2. The number of carbonyl (C=O) groups excluding carboxylic acids is 2. The molecule has 1 aromatic rings. The number of thiazole rings is 1. The number of nitrogens with zero attached hydrogens (tertiary/aromatic N) is 1. The first kappa shape index (κ1) is 14.0. The lowest BCUT2D eigenvalue weighted by molar-refractivity contribution is -0.158. The summed E-state index contributed by atoms with van der Waals surface area (Å²) in [7, 11) is 1.35. The fraction of sp³-hybridized carbons (Fsp3) is 0.615. The Morgan fingerprint density at radius 2 is 2.05 bits per heavy atom. The average Bonchev–Trinajstić information content (AvgIpc) is 3.04. The number of esters is 2. The van der Waals surface area contributed by atoms with Crippen LogP contribution >= 0.6 is 11.3 Å². The highest BCUT2D eigenvalue weighted by molar-refractivity contribution is 7.09. The molecule has 5 nitrogen and oxygen atoms in total. The molecule has 2 atom stereocenters. The van der Waals surface area contributed by atoms with Gasteiger partial charge in [0.2, 0.25) is 0 Å². The van der Waals surface area contributed by atoms with Gasteiger partial charge in [0, 0.05) is 0 Å². The maximum atomic E-state index is 12.0. The lowest BCUT2D eigenvalue weighted by Gasteiger charge is -2.16. The standard InChI is InChI=1S/C13H17NO4S/c1-8-11(19-7-14-8)6-18-13(16)10-5-3-4-9(10)12(15)17-2/h7,9-10H,3-6H2,1-2H3/t9-,10+/m1/s1. The van der Waals surface area contributed by atoms with Crippen molar-refractivity contribution in [2.24, 2.45) is 11.8 Å². The Labute approximate surface area is 115 Å². The van der Waals surface area contributed by atoms with Gasteiger partial charge in [0.05, 0.1) is 35.0 Å². The molecule has 0 spiro atoms. The van der Waals surface area contributed by atoms with E-state index in [0.717, 1.165) is 17.0 Å². The van der Waals surface area contributed by atoms with Gasteiger partial charge in [-0.2, -0.15) is 0 Å². The molecular formula is C13H17NO4S. The minimum absolute atomic E-state index is 0.236. The predicted molar refractivity (Wildman–Crippen MR) is 69.5 cm³/mol. The summed E-state index contributed by atoms with van der Waals surface area (Å²) in [4.78, 5) is 28.7. The highest BCUT2D eigenvalue weighted by Gasteiger charge is 2.39. The number of carbonyl (C=O) groups is 2.